The Morgan fingerprint density at radius 3 is 2.47 bits per heavy atom. The number of aromatic nitrogens is 2. The molecule has 0 radical (unpaired) electrons. The zero-order chi connectivity index (χ0) is 20.7. The highest BCUT2D eigenvalue weighted by atomic mass is 16.3. The molecule has 0 saturated carbocycles. The van der Waals surface area contributed by atoms with E-state index < -0.39 is 5.54 Å². The first-order chi connectivity index (χ1) is 14.5. The standard InChI is InChI=1S/C23H23N5O2/c1-15-14-20(26-21(24-15)16-6-2-5-9-19(16)29)28-12-10-23(11-13-28)22(30)25-17-7-3-4-8-18(17)27-23/h2-9,14,27,29H,10-13H2,1H3,(H,25,30). The summed E-state index contributed by atoms with van der Waals surface area (Å²) in [6.45, 7) is 3.31. The van der Waals surface area contributed by atoms with Crippen LogP contribution in [0.2, 0.25) is 0 Å². The molecule has 1 aromatic heterocycles. The Morgan fingerprint density at radius 2 is 1.70 bits per heavy atom. The summed E-state index contributed by atoms with van der Waals surface area (Å²) in [7, 11) is 0. The van der Waals surface area contributed by atoms with Gasteiger partial charge in [-0.2, -0.15) is 0 Å². The molecule has 1 saturated heterocycles. The number of aryl methyl sites for hydroxylation is 1. The van der Waals surface area contributed by atoms with Crippen LogP contribution in [0.15, 0.2) is 54.6 Å². The maximum absolute atomic E-state index is 12.9. The van der Waals surface area contributed by atoms with Gasteiger partial charge in [0.2, 0.25) is 5.91 Å². The van der Waals surface area contributed by atoms with Crippen LogP contribution in [0.1, 0.15) is 18.5 Å². The number of phenolic OH excluding ortho intramolecular Hbond substituents is 1. The first kappa shape index (κ1) is 18.4. The number of amides is 1. The molecular weight excluding hydrogens is 378 g/mol. The molecule has 30 heavy (non-hydrogen) atoms. The van der Waals surface area contributed by atoms with Crippen LogP contribution in [0.4, 0.5) is 17.2 Å². The van der Waals surface area contributed by atoms with Crippen molar-refractivity contribution in [2.45, 2.75) is 25.3 Å². The van der Waals surface area contributed by atoms with Crippen LogP contribution in [-0.2, 0) is 4.79 Å². The first-order valence-electron chi connectivity index (χ1n) is 10.1. The summed E-state index contributed by atoms with van der Waals surface area (Å²) >= 11 is 0. The summed E-state index contributed by atoms with van der Waals surface area (Å²) in [5, 5.41) is 16.7. The number of para-hydroxylation sites is 3. The van der Waals surface area contributed by atoms with Gasteiger partial charge >= 0.3 is 0 Å². The molecule has 7 nitrogen and oxygen atoms in total. The lowest BCUT2D eigenvalue weighted by Crippen LogP contribution is -2.58. The lowest BCUT2D eigenvalue weighted by Gasteiger charge is -2.44. The summed E-state index contributed by atoms with van der Waals surface area (Å²) in [5.74, 6) is 1.50. The maximum Gasteiger partial charge on any atom is 0.250 e. The van der Waals surface area contributed by atoms with Crippen molar-refractivity contribution in [3.8, 4) is 17.1 Å². The summed E-state index contributed by atoms with van der Waals surface area (Å²) in [6, 6.07) is 16.8. The van der Waals surface area contributed by atoms with E-state index in [2.05, 4.69) is 20.5 Å². The van der Waals surface area contributed by atoms with E-state index in [9.17, 15) is 9.90 Å². The van der Waals surface area contributed by atoms with Crippen LogP contribution in [0, 0.1) is 6.92 Å². The van der Waals surface area contributed by atoms with Crippen LogP contribution in [0.5, 0.6) is 5.75 Å². The van der Waals surface area contributed by atoms with Crippen molar-refractivity contribution in [3.05, 3.63) is 60.3 Å². The number of carbonyl (C=O) groups is 1. The SMILES string of the molecule is Cc1cc(N2CCC3(CC2)Nc2ccccc2NC3=O)nc(-c2ccccc2O)n1. The second-order valence-electron chi connectivity index (χ2n) is 7.90. The van der Waals surface area contributed by atoms with Gasteiger partial charge in [-0.1, -0.05) is 24.3 Å². The van der Waals surface area contributed by atoms with E-state index >= 15 is 0 Å². The van der Waals surface area contributed by atoms with Crippen LogP contribution >= 0.6 is 0 Å². The van der Waals surface area contributed by atoms with Gasteiger partial charge in [-0.3, -0.25) is 4.79 Å². The third kappa shape index (κ3) is 3.12. The molecule has 1 spiro atoms. The van der Waals surface area contributed by atoms with Gasteiger partial charge in [-0.05, 0) is 44.0 Å². The van der Waals surface area contributed by atoms with E-state index in [1.54, 1.807) is 12.1 Å². The Morgan fingerprint density at radius 1 is 1.00 bits per heavy atom. The van der Waals surface area contributed by atoms with Crippen molar-refractivity contribution in [2.75, 3.05) is 28.6 Å². The predicted molar refractivity (Wildman–Crippen MR) is 117 cm³/mol. The Hall–Kier alpha value is -3.61. The number of hydrogen-bond acceptors (Lipinski definition) is 6. The summed E-state index contributed by atoms with van der Waals surface area (Å²) in [5.41, 5.74) is 2.63. The van der Waals surface area contributed by atoms with Crippen LogP contribution in [0.3, 0.4) is 0 Å². The summed E-state index contributed by atoms with van der Waals surface area (Å²) in [4.78, 5) is 24.3. The van der Waals surface area contributed by atoms with E-state index in [4.69, 9.17) is 4.98 Å². The van der Waals surface area contributed by atoms with Gasteiger partial charge in [0.1, 0.15) is 17.1 Å². The number of aromatic hydroxyl groups is 1. The van der Waals surface area contributed by atoms with Gasteiger partial charge in [0.15, 0.2) is 5.82 Å². The lowest BCUT2D eigenvalue weighted by molar-refractivity contribution is -0.121. The molecule has 152 valence electrons. The number of phenols is 1. The third-order valence-electron chi connectivity index (χ3n) is 5.91. The number of rotatable bonds is 2. The fourth-order valence-electron chi connectivity index (χ4n) is 4.22. The molecular formula is C23H23N5O2. The number of benzene rings is 2. The molecule has 3 N–H and O–H groups in total. The van der Waals surface area contributed by atoms with Gasteiger partial charge in [0.05, 0.1) is 16.9 Å². The minimum absolute atomic E-state index is 0.0228. The van der Waals surface area contributed by atoms with Crippen molar-refractivity contribution in [2.24, 2.45) is 0 Å². The minimum Gasteiger partial charge on any atom is -0.507 e. The number of piperidine rings is 1. The van der Waals surface area contributed by atoms with Crippen molar-refractivity contribution >= 4 is 23.1 Å². The van der Waals surface area contributed by atoms with Gasteiger partial charge in [-0.15, -0.1) is 0 Å². The normalized spacial score (nSPS) is 17.2. The van der Waals surface area contributed by atoms with Crippen molar-refractivity contribution in [1.29, 1.82) is 0 Å². The highest BCUT2D eigenvalue weighted by molar-refractivity contribution is 6.06. The molecule has 1 fully saturated rings. The molecule has 0 atom stereocenters. The van der Waals surface area contributed by atoms with Crippen LogP contribution in [-0.4, -0.2) is 39.6 Å². The molecule has 0 unspecified atom stereocenters. The molecule has 3 heterocycles. The number of hydrogen-bond donors (Lipinski definition) is 3. The van der Waals surface area contributed by atoms with E-state index in [0.29, 0.717) is 37.3 Å². The zero-order valence-corrected chi connectivity index (χ0v) is 16.7. The summed E-state index contributed by atoms with van der Waals surface area (Å²) < 4.78 is 0. The van der Waals surface area contributed by atoms with Crippen molar-refractivity contribution < 1.29 is 9.90 Å². The molecule has 2 aliphatic heterocycles. The van der Waals surface area contributed by atoms with Crippen molar-refractivity contribution in [1.82, 2.24) is 9.97 Å². The molecule has 1 amide bonds. The van der Waals surface area contributed by atoms with E-state index in [-0.39, 0.29) is 11.7 Å². The molecule has 0 aliphatic carbocycles. The molecule has 3 aromatic rings. The van der Waals surface area contributed by atoms with Crippen LogP contribution in [0.25, 0.3) is 11.4 Å². The number of fused-ring (bicyclic) bond motifs is 1. The molecule has 2 aliphatic rings. The Bertz CT molecular complexity index is 1120. The van der Waals surface area contributed by atoms with Crippen molar-refractivity contribution in [3.63, 3.8) is 0 Å². The van der Waals surface area contributed by atoms with E-state index in [1.807, 2.05) is 49.4 Å². The Balaban J connectivity index is 1.39. The number of nitrogens with one attached hydrogen (secondary N) is 2. The van der Waals surface area contributed by atoms with Gasteiger partial charge < -0.3 is 20.6 Å². The van der Waals surface area contributed by atoms with Gasteiger partial charge in [-0.25, -0.2) is 9.97 Å². The second kappa shape index (κ2) is 7.02. The predicted octanol–water partition coefficient (Wildman–Crippen LogP) is 3.56. The maximum atomic E-state index is 12.9. The third-order valence-corrected chi connectivity index (χ3v) is 5.91. The lowest BCUT2D eigenvalue weighted by atomic mass is 9.84. The van der Waals surface area contributed by atoms with Crippen LogP contribution < -0.4 is 15.5 Å². The average molecular weight is 401 g/mol. The zero-order valence-electron chi connectivity index (χ0n) is 16.7. The largest absolute Gasteiger partial charge is 0.507 e. The summed E-state index contributed by atoms with van der Waals surface area (Å²) in [6.07, 6.45) is 1.34. The average Bonchev–Trinajstić information content (AvgIpc) is 2.75. The van der Waals surface area contributed by atoms with Gasteiger partial charge in [0.25, 0.3) is 0 Å². The molecule has 5 rings (SSSR count). The quantitative estimate of drug-likeness (QED) is 0.608. The highest BCUT2D eigenvalue weighted by Gasteiger charge is 2.44. The smallest absolute Gasteiger partial charge is 0.250 e. The van der Waals surface area contributed by atoms with E-state index in [0.717, 1.165) is 22.9 Å². The number of carbonyl (C=O) groups excluding carboxylic acids is 1. The monoisotopic (exact) mass is 401 g/mol. The minimum atomic E-state index is -0.604. The highest BCUT2D eigenvalue weighted by Crippen LogP contribution is 2.37. The van der Waals surface area contributed by atoms with E-state index in [1.165, 1.54) is 0 Å². The Kier molecular flexibility index (Phi) is 4.31. The molecule has 7 heteroatoms. The molecule has 0 bridgehead atoms. The number of nitrogens with zero attached hydrogens (tertiary/aromatic N) is 3. The first-order valence-corrected chi connectivity index (χ1v) is 10.1. The molecule has 2 aromatic carbocycles. The fraction of sp³-hybridized carbons (Fsp3) is 0.261. The second-order valence-corrected chi connectivity index (χ2v) is 7.90. The number of anilines is 3. The topological polar surface area (TPSA) is 90.4 Å². The van der Waals surface area contributed by atoms with Gasteiger partial charge in [0, 0.05) is 24.8 Å². The fourth-order valence-corrected chi connectivity index (χ4v) is 4.22. The Labute approximate surface area is 174 Å².